The standard InChI is InChI=1S/C26H32O13/c1-11-16-17(22(21(11)36-12(2)28)38-23(32)13-7-5-4-6-8-13)14(24(33)34-3)10-35-25(16)39-26-20(31)19(30)18(29)15(9-27)37-26/h4-8,10-11,15-22,25-27,29-31H,9H2,1-3H3/t11-,15+,16-,17+,18-,19-,20-,21-,22+,25-,26+/m1/s1. The highest BCUT2D eigenvalue weighted by atomic mass is 16.8. The molecule has 13 nitrogen and oxygen atoms in total. The SMILES string of the molecule is COC(=O)C1=CO[C@H](O[C@@H]2O[C@@H](CO)[C@@H](O)[C@@H](O)[C@H]2O)[C@@H]2[C@@H](C)[C@@H](OC(C)=O)[C@@H](OC(=O)c3ccccc3)[C@@H]12. The zero-order chi connectivity index (χ0) is 28.4. The van der Waals surface area contributed by atoms with E-state index in [1.807, 2.05) is 0 Å². The fourth-order valence-corrected chi connectivity index (χ4v) is 5.39. The molecule has 4 rings (SSSR count). The fraction of sp³-hybridized carbons (Fsp3) is 0.577. The molecule has 0 radical (unpaired) electrons. The topological polar surface area (TPSA) is 188 Å². The van der Waals surface area contributed by atoms with E-state index in [9.17, 15) is 34.8 Å². The van der Waals surface area contributed by atoms with Crippen molar-refractivity contribution in [2.24, 2.45) is 17.8 Å². The third-order valence-electron chi connectivity index (χ3n) is 7.31. The Morgan fingerprint density at radius 3 is 2.23 bits per heavy atom. The van der Waals surface area contributed by atoms with Crippen LogP contribution < -0.4 is 0 Å². The summed E-state index contributed by atoms with van der Waals surface area (Å²) in [5.74, 6) is -4.51. The summed E-state index contributed by atoms with van der Waals surface area (Å²) in [6.45, 7) is 2.21. The lowest BCUT2D eigenvalue weighted by atomic mass is 9.82. The van der Waals surface area contributed by atoms with Crippen molar-refractivity contribution in [1.29, 1.82) is 0 Å². The number of aliphatic hydroxyl groups is 4. The number of carbonyl (C=O) groups excluding carboxylic acids is 3. The first-order chi connectivity index (χ1) is 18.6. The maximum atomic E-state index is 13.0. The molecule has 2 aliphatic heterocycles. The molecule has 1 saturated heterocycles. The number of rotatable bonds is 7. The Hall–Kier alpha value is -3.07. The first-order valence-corrected chi connectivity index (χ1v) is 12.4. The molecule has 1 aromatic rings. The van der Waals surface area contributed by atoms with Gasteiger partial charge in [0.1, 0.15) is 36.6 Å². The lowest BCUT2D eigenvalue weighted by molar-refractivity contribution is -0.343. The Kier molecular flexibility index (Phi) is 8.89. The van der Waals surface area contributed by atoms with Crippen molar-refractivity contribution in [1.82, 2.24) is 0 Å². The molecule has 4 N–H and O–H groups in total. The van der Waals surface area contributed by atoms with Crippen LogP contribution in [0.15, 0.2) is 42.2 Å². The number of aliphatic hydroxyl groups excluding tert-OH is 4. The van der Waals surface area contributed by atoms with Gasteiger partial charge in [0.2, 0.25) is 6.29 Å². The Balaban J connectivity index is 1.69. The molecule has 1 aliphatic carbocycles. The molecule has 1 saturated carbocycles. The molecule has 0 amide bonds. The summed E-state index contributed by atoms with van der Waals surface area (Å²) in [7, 11) is 1.17. The molecular weight excluding hydrogens is 520 g/mol. The van der Waals surface area contributed by atoms with E-state index in [2.05, 4.69) is 0 Å². The molecule has 0 aromatic heterocycles. The van der Waals surface area contributed by atoms with Crippen molar-refractivity contribution >= 4 is 17.9 Å². The smallest absolute Gasteiger partial charge is 0.338 e. The van der Waals surface area contributed by atoms with Gasteiger partial charge in [-0.1, -0.05) is 25.1 Å². The number of esters is 3. The number of methoxy groups -OCH3 is 1. The number of fused-ring (bicyclic) bond motifs is 1. The maximum Gasteiger partial charge on any atom is 0.338 e. The Morgan fingerprint density at radius 1 is 0.923 bits per heavy atom. The highest BCUT2D eigenvalue weighted by Crippen LogP contribution is 2.50. The second-order valence-corrected chi connectivity index (χ2v) is 9.67. The summed E-state index contributed by atoms with van der Waals surface area (Å²) < 4.78 is 33.4. The number of ether oxygens (including phenoxy) is 6. The van der Waals surface area contributed by atoms with E-state index in [1.54, 1.807) is 37.3 Å². The number of hydrogen-bond donors (Lipinski definition) is 4. The predicted molar refractivity (Wildman–Crippen MR) is 127 cm³/mol. The molecule has 13 heteroatoms. The monoisotopic (exact) mass is 552 g/mol. The average molecular weight is 553 g/mol. The van der Waals surface area contributed by atoms with Crippen LogP contribution in [0.25, 0.3) is 0 Å². The van der Waals surface area contributed by atoms with Crippen molar-refractivity contribution in [3.8, 4) is 0 Å². The first-order valence-electron chi connectivity index (χ1n) is 12.4. The van der Waals surface area contributed by atoms with Crippen LogP contribution in [0.5, 0.6) is 0 Å². The van der Waals surface area contributed by atoms with Gasteiger partial charge in [0.25, 0.3) is 0 Å². The molecule has 2 fully saturated rings. The van der Waals surface area contributed by atoms with Crippen LogP contribution in [0, 0.1) is 17.8 Å². The van der Waals surface area contributed by atoms with Crippen molar-refractivity contribution in [3.63, 3.8) is 0 Å². The van der Waals surface area contributed by atoms with E-state index in [1.165, 1.54) is 14.0 Å². The molecule has 0 unspecified atom stereocenters. The van der Waals surface area contributed by atoms with Crippen molar-refractivity contribution in [3.05, 3.63) is 47.7 Å². The quantitative estimate of drug-likeness (QED) is 0.245. The van der Waals surface area contributed by atoms with E-state index in [4.69, 9.17) is 28.4 Å². The van der Waals surface area contributed by atoms with Gasteiger partial charge in [0.15, 0.2) is 6.29 Å². The number of hydrogen-bond acceptors (Lipinski definition) is 13. The predicted octanol–water partition coefficient (Wildman–Crippen LogP) is -0.744. The van der Waals surface area contributed by atoms with Gasteiger partial charge in [-0.15, -0.1) is 0 Å². The molecule has 3 aliphatic rings. The van der Waals surface area contributed by atoms with E-state index < -0.39 is 91.5 Å². The van der Waals surface area contributed by atoms with Gasteiger partial charge in [-0.25, -0.2) is 9.59 Å². The fourth-order valence-electron chi connectivity index (χ4n) is 5.39. The molecular formula is C26H32O13. The van der Waals surface area contributed by atoms with Crippen LogP contribution in [0.2, 0.25) is 0 Å². The summed E-state index contributed by atoms with van der Waals surface area (Å²) in [4.78, 5) is 37.8. The molecule has 2 heterocycles. The van der Waals surface area contributed by atoms with E-state index in [-0.39, 0.29) is 11.1 Å². The second kappa shape index (κ2) is 12.0. The van der Waals surface area contributed by atoms with Crippen molar-refractivity contribution in [2.45, 2.75) is 63.1 Å². The minimum Gasteiger partial charge on any atom is -0.472 e. The third-order valence-corrected chi connectivity index (χ3v) is 7.31. The van der Waals surface area contributed by atoms with Gasteiger partial charge >= 0.3 is 17.9 Å². The zero-order valence-electron chi connectivity index (χ0n) is 21.5. The van der Waals surface area contributed by atoms with Gasteiger partial charge in [0.05, 0.1) is 31.1 Å². The molecule has 0 spiro atoms. The van der Waals surface area contributed by atoms with E-state index in [0.29, 0.717) is 0 Å². The molecule has 39 heavy (non-hydrogen) atoms. The second-order valence-electron chi connectivity index (χ2n) is 9.67. The Morgan fingerprint density at radius 2 is 1.62 bits per heavy atom. The van der Waals surface area contributed by atoms with E-state index in [0.717, 1.165) is 6.26 Å². The molecule has 0 bridgehead atoms. The van der Waals surface area contributed by atoms with Crippen LogP contribution in [-0.4, -0.2) is 101 Å². The summed E-state index contributed by atoms with van der Waals surface area (Å²) >= 11 is 0. The molecule has 1 aromatic carbocycles. The summed E-state index contributed by atoms with van der Waals surface area (Å²) in [6, 6.07) is 8.12. The summed E-state index contributed by atoms with van der Waals surface area (Å²) in [5, 5.41) is 40.3. The van der Waals surface area contributed by atoms with Gasteiger partial charge in [0, 0.05) is 24.7 Å². The Labute approximate surface area is 223 Å². The minimum absolute atomic E-state index is 0.00326. The summed E-state index contributed by atoms with van der Waals surface area (Å²) in [5.41, 5.74) is 0.239. The lowest BCUT2D eigenvalue weighted by Crippen LogP contribution is -2.60. The van der Waals surface area contributed by atoms with Crippen LogP contribution in [-0.2, 0) is 38.0 Å². The van der Waals surface area contributed by atoms with Gasteiger partial charge < -0.3 is 48.8 Å². The zero-order valence-corrected chi connectivity index (χ0v) is 21.5. The van der Waals surface area contributed by atoms with Gasteiger partial charge in [-0.3, -0.25) is 4.79 Å². The highest BCUT2D eigenvalue weighted by molar-refractivity contribution is 5.91. The molecule has 11 atom stereocenters. The first kappa shape index (κ1) is 28.9. The molecule has 214 valence electrons. The van der Waals surface area contributed by atoms with Crippen molar-refractivity contribution in [2.75, 3.05) is 13.7 Å². The summed E-state index contributed by atoms with van der Waals surface area (Å²) in [6.07, 6.45) is -10.2. The van der Waals surface area contributed by atoms with E-state index >= 15 is 0 Å². The van der Waals surface area contributed by atoms with Crippen LogP contribution in [0.4, 0.5) is 0 Å². The third kappa shape index (κ3) is 5.64. The average Bonchev–Trinajstić information content (AvgIpc) is 3.19. The van der Waals surface area contributed by atoms with Crippen molar-refractivity contribution < 1.29 is 63.2 Å². The Bertz CT molecular complexity index is 1070. The maximum absolute atomic E-state index is 13.0. The number of carbonyl (C=O) groups is 3. The van der Waals surface area contributed by atoms with Crippen LogP contribution in [0.1, 0.15) is 24.2 Å². The largest absolute Gasteiger partial charge is 0.472 e. The lowest BCUT2D eigenvalue weighted by Gasteiger charge is -2.43. The highest BCUT2D eigenvalue weighted by Gasteiger charge is 2.61. The van der Waals surface area contributed by atoms with Crippen LogP contribution >= 0.6 is 0 Å². The van der Waals surface area contributed by atoms with Crippen LogP contribution in [0.3, 0.4) is 0 Å². The minimum atomic E-state index is -1.72. The van der Waals surface area contributed by atoms with Gasteiger partial charge in [-0.05, 0) is 12.1 Å². The normalized spacial score (nSPS) is 37.6. The number of benzene rings is 1. The van der Waals surface area contributed by atoms with Gasteiger partial charge in [-0.2, -0.15) is 0 Å².